The fraction of sp³-hybridized carbons (Fsp3) is 0.226. The van der Waals surface area contributed by atoms with Gasteiger partial charge >= 0.3 is 0 Å². The van der Waals surface area contributed by atoms with Crippen LogP contribution < -0.4 is 0 Å². The summed E-state index contributed by atoms with van der Waals surface area (Å²) in [6, 6.07) is 34.2. The molecule has 7 aromatic carbocycles. The van der Waals surface area contributed by atoms with E-state index in [0.29, 0.717) is 39.0 Å². The van der Waals surface area contributed by atoms with Crippen LogP contribution in [0.3, 0.4) is 0 Å². The summed E-state index contributed by atoms with van der Waals surface area (Å²) in [6.45, 7) is 17.8. The molecule has 0 saturated carbocycles. The molecule has 5 heteroatoms. The van der Waals surface area contributed by atoms with Crippen LogP contribution in [-0.2, 0) is 37.3 Å². The van der Waals surface area contributed by atoms with Gasteiger partial charge in [-0.15, -0.1) is 29.3 Å². The van der Waals surface area contributed by atoms with Crippen LogP contribution in [0.2, 0.25) is 0 Å². The Morgan fingerprint density at radius 1 is 0.627 bits per heavy atom. The van der Waals surface area contributed by atoms with Gasteiger partial charge in [-0.3, -0.25) is 9.55 Å². The number of aryl methyl sites for hydroxylation is 2. The van der Waals surface area contributed by atoms with Gasteiger partial charge in [0.05, 0.1) is 33.3 Å². The Bertz CT molecular complexity index is 3840. The molecule has 2 heterocycles. The van der Waals surface area contributed by atoms with Gasteiger partial charge in [-0.2, -0.15) is 0 Å². The number of benzene rings is 7. The summed E-state index contributed by atoms with van der Waals surface area (Å²) in [6.07, 6.45) is -0.568. The monoisotopic (exact) mass is 1070 g/mol. The minimum Gasteiger partial charge on any atom is -0.507 e. The van der Waals surface area contributed by atoms with Gasteiger partial charge in [0.2, 0.25) is 0 Å². The summed E-state index contributed by atoms with van der Waals surface area (Å²) in [5.74, 6) is 0.282. The number of aromatic hydroxyl groups is 1. The van der Waals surface area contributed by atoms with Crippen LogP contribution in [0.15, 0.2) is 158 Å². The fourth-order valence-electron chi connectivity index (χ4n) is 8.72. The molecule has 0 spiro atoms. The van der Waals surface area contributed by atoms with Gasteiger partial charge < -0.3 is 5.11 Å². The Morgan fingerprint density at radius 2 is 1.33 bits per heavy atom. The average Bonchev–Trinajstić information content (AvgIpc) is 3.92. The van der Waals surface area contributed by atoms with E-state index in [-0.39, 0.29) is 66.0 Å². The predicted molar refractivity (Wildman–Crippen MR) is 278 cm³/mol. The first-order valence-corrected chi connectivity index (χ1v) is 22.2. The Balaban J connectivity index is 0.00000803. The van der Waals surface area contributed by atoms with E-state index in [4.69, 9.17) is 14.6 Å². The van der Waals surface area contributed by atoms with Crippen molar-refractivity contribution in [1.29, 1.82) is 0 Å². The molecule has 0 aliphatic heterocycles. The zero-order valence-electron chi connectivity index (χ0n) is 50.5. The number of hydrogen-bond donors (Lipinski definition) is 1. The maximum Gasteiger partial charge on any atom is 0.148 e. The molecular formula is C62H60N3OPt-. The molecule has 0 radical (unpaired) electrons. The smallest absolute Gasteiger partial charge is 0.148 e. The molecule has 9 rings (SSSR count). The van der Waals surface area contributed by atoms with Crippen molar-refractivity contribution in [2.24, 2.45) is 0 Å². The van der Waals surface area contributed by atoms with E-state index < -0.39 is 66.2 Å². The van der Waals surface area contributed by atoms with Crippen molar-refractivity contribution in [2.75, 3.05) is 0 Å². The van der Waals surface area contributed by atoms with Gasteiger partial charge in [0.15, 0.2) is 0 Å². The van der Waals surface area contributed by atoms with E-state index in [1.807, 2.05) is 138 Å². The second kappa shape index (κ2) is 18.0. The van der Waals surface area contributed by atoms with Crippen molar-refractivity contribution >= 4 is 11.0 Å². The van der Waals surface area contributed by atoms with E-state index in [2.05, 4.69) is 44.0 Å². The predicted octanol–water partition coefficient (Wildman–Crippen LogP) is 16.4. The van der Waals surface area contributed by atoms with Crippen LogP contribution in [0.25, 0.3) is 83.9 Å². The van der Waals surface area contributed by atoms with E-state index in [1.54, 1.807) is 12.1 Å². The summed E-state index contributed by atoms with van der Waals surface area (Å²) < 4.78 is 99.2. The van der Waals surface area contributed by atoms with Crippen LogP contribution in [0.1, 0.15) is 105 Å². The largest absolute Gasteiger partial charge is 0.507 e. The molecule has 0 saturated heterocycles. The van der Waals surface area contributed by atoms with Gasteiger partial charge in [-0.1, -0.05) is 182 Å². The molecule has 1 N–H and O–H groups in total. The number of aromatic nitrogens is 3. The van der Waals surface area contributed by atoms with Crippen molar-refractivity contribution in [2.45, 2.75) is 92.3 Å². The number of nitrogens with zero attached hydrogens (tertiary/aromatic N) is 3. The molecule has 2 aromatic heterocycles. The Morgan fingerprint density at radius 3 is 2.03 bits per heavy atom. The molecule has 4 nitrogen and oxygen atoms in total. The number of rotatable bonds is 7. The normalized spacial score (nSPS) is 14.6. The zero-order valence-corrected chi connectivity index (χ0v) is 41.8. The van der Waals surface area contributed by atoms with E-state index in [1.165, 1.54) is 0 Å². The summed E-state index contributed by atoms with van der Waals surface area (Å²) in [5, 5.41) is 12.4. The first kappa shape index (κ1) is 34.9. The Labute approximate surface area is 427 Å². The van der Waals surface area contributed by atoms with Crippen LogP contribution in [0, 0.1) is 19.8 Å². The number of para-hydroxylation sites is 1. The van der Waals surface area contributed by atoms with Crippen molar-refractivity contribution in [3.63, 3.8) is 0 Å². The number of fused-ring (bicyclic) bond motifs is 1. The summed E-state index contributed by atoms with van der Waals surface area (Å²) >= 11 is 0. The van der Waals surface area contributed by atoms with Gasteiger partial charge in [0.1, 0.15) is 11.6 Å². The first-order chi connectivity index (χ1) is 35.9. The standard InChI is InChI=1S/C62H60N3O.Pt/c1-39-32-50(58(66)52(33-39)62(9,10)11)59-64-57-49(45-35-46(37-47(36-45)60(3,4)5)53-38-43(30-31-63-53)41-20-14-12-15-21-41)25-19-27-55(57)65(59)54-29-28-44(34-40(54)2)56-48(42-22-16-13-17-23-42)24-18-26-51(56)61(6,7)8;/h12-34,36-38,66H,1-11H3;/q-1;/i2D3,12D,14D,15D,20D,21D,30D,31D,38D;. The summed E-state index contributed by atoms with van der Waals surface area (Å²) in [7, 11) is 0. The minimum absolute atomic E-state index is 0. The molecule has 9 aromatic rings. The van der Waals surface area contributed by atoms with Crippen molar-refractivity contribution in [1.82, 2.24) is 14.5 Å². The number of phenols is 1. The molecule has 0 bridgehead atoms. The number of pyridine rings is 1. The molecule has 0 amide bonds. The number of phenolic OH excluding ortho intramolecular Hbond substituents is 1. The van der Waals surface area contributed by atoms with Gasteiger partial charge in [-0.05, 0) is 110 Å². The van der Waals surface area contributed by atoms with Gasteiger partial charge in [0.25, 0.3) is 0 Å². The van der Waals surface area contributed by atoms with Crippen molar-refractivity contribution in [3.8, 4) is 78.6 Å². The van der Waals surface area contributed by atoms with E-state index in [0.717, 1.165) is 38.9 Å². The minimum atomic E-state index is -2.66. The summed E-state index contributed by atoms with van der Waals surface area (Å²) in [4.78, 5) is 9.82. The molecular weight excluding hydrogens is 998 g/mol. The second-order valence-electron chi connectivity index (χ2n) is 20.1. The van der Waals surface area contributed by atoms with Crippen LogP contribution >= 0.6 is 0 Å². The quantitative estimate of drug-likeness (QED) is 0.162. The summed E-state index contributed by atoms with van der Waals surface area (Å²) in [5.41, 5.74) is 7.75. The SMILES string of the molecule is [2H]c1nc(-c2[c-]c(-c3cccc4c3nc(-c3cc(C)cc(C(C)(C)C)c3O)n4-c3ccc(-c4c(-c5ccccc5)cccc4C(C)(C)C)cc3C([2H])([2H])[2H])cc(C(C)(C)C)c2)c([2H])c(-c2c([2H])c([2H])c([2H])c([2H])c2[2H])c1[2H].[Pt]. The van der Waals surface area contributed by atoms with Crippen molar-refractivity contribution < 1.29 is 41.3 Å². The van der Waals surface area contributed by atoms with Gasteiger partial charge in [-0.25, -0.2) is 4.98 Å². The third kappa shape index (κ3) is 9.22. The molecule has 0 aliphatic rings. The fourth-order valence-corrected chi connectivity index (χ4v) is 8.72. The van der Waals surface area contributed by atoms with E-state index >= 15 is 0 Å². The maximum atomic E-state index is 12.4. The molecule has 0 fully saturated rings. The van der Waals surface area contributed by atoms with Crippen molar-refractivity contribution in [3.05, 3.63) is 192 Å². The van der Waals surface area contributed by atoms with Crippen LogP contribution in [0.5, 0.6) is 5.75 Å². The zero-order chi connectivity index (χ0) is 56.2. The topological polar surface area (TPSA) is 50.9 Å². The maximum absolute atomic E-state index is 12.4. The molecule has 67 heavy (non-hydrogen) atoms. The average molecular weight is 1070 g/mol. The molecule has 340 valence electrons. The van der Waals surface area contributed by atoms with E-state index in [9.17, 15) is 10.6 Å². The molecule has 0 unspecified atom stereocenters. The van der Waals surface area contributed by atoms with Gasteiger partial charge in [0, 0.05) is 42.6 Å². The number of hydrogen-bond acceptors (Lipinski definition) is 3. The third-order valence-corrected chi connectivity index (χ3v) is 12.1. The Kier molecular flexibility index (Phi) is 9.39. The molecule has 0 atom stereocenters. The van der Waals surface area contributed by atoms with Crippen LogP contribution in [-0.4, -0.2) is 19.6 Å². The third-order valence-electron chi connectivity index (χ3n) is 12.1. The number of imidazole rings is 1. The van der Waals surface area contributed by atoms with Crippen LogP contribution in [0.4, 0.5) is 0 Å². The molecule has 0 aliphatic carbocycles. The first-order valence-electron chi connectivity index (χ1n) is 27.7. The second-order valence-corrected chi connectivity index (χ2v) is 20.1. The Hall–Kier alpha value is -6.35.